The molecule has 1 atom stereocenters. The van der Waals surface area contributed by atoms with E-state index in [0.717, 1.165) is 6.29 Å². The van der Waals surface area contributed by atoms with Gasteiger partial charge in [-0.05, 0) is 26.0 Å². The minimum absolute atomic E-state index is 0.199. The molecule has 0 unspecified atom stereocenters. The average molecular weight is 389 g/mol. The van der Waals surface area contributed by atoms with Crippen LogP contribution in [0, 0.1) is 6.92 Å². The minimum atomic E-state index is -1.11. The van der Waals surface area contributed by atoms with Gasteiger partial charge in [-0.15, -0.1) is 0 Å². The van der Waals surface area contributed by atoms with Crippen molar-refractivity contribution in [3.63, 3.8) is 0 Å². The maximum Gasteiger partial charge on any atom is 0.344 e. The van der Waals surface area contributed by atoms with Crippen LogP contribution in [0.5, 0.6) is 5.75 Å². The van der Waals surface area contributed by atoms with E-state index in [1.165, 1.54) is 24.8 Å². The molecular formula is C15H14Cl2N2O4S. The Morgan fingerprint density at radius 1 is 1.42 bits per heavy atom. The Bertz CT molecular complexity index is 807. The maximum absolute atomic E-state index is 11.3. The van der Waals surface area contributed by atoms with Crippen LogP contribution in [0.1, 0.15) is 23.0 Å². The van der Waals surface area contributed by atoms with E-state index >= 15 is 0 Å². The molecule has 24 heavy (non-hydrogen) atoms. The van der Waals surface area contributed by atoms with Gasteiger partial charge in [0.2, 0.25) is 0 Å². The molecular weight excluding hydrogens is 375 g/mol. The van der Waals surface area contributed by atoms with E-state index in [1.807, 2.05) is 0 Å². The molecule has 0 aliphatic carbocycles. The van der Waals surface area contributed by atoms with Crippen molar-refractivity contribution in [1.29, 1.82) is 0 Å². The second kappa shape index (κ2) is 7.46. The van der Waals surface area contributed by atoms with Crippen LogP contribution in [0.2, 0.25) is 10.0 Å². The predicted molar refractivity (Wildman–Crippen MR) is 91.6 cm³/mol. The first kappa shape index (κ1) is 18.6. The van der Waals surface area contributed by atoms with Crippen LogP contribution >= 0.6 is 35.0 Å². The predicted octanol–water partition coefficient (Wildman–Crippen LogP) is 3.85. The number of hydrogen-bond donors (Lipinski definition) is 1. The van der Waals surface area contributed by atoms with Gasteiger partial charge in [-0.2, -0.15) is 5.10 Å². The molecule has 0 bridgehead atoms. The molecule has 0 saturated carbocycles. The number of carbonyl (C=O) groups excluding carboxylic acids is 1. The van der Waals surface area contributed by atoms with Crippen LogP contribution in [0.3, 0.4) is 0 Å². The monoisotopic (exact) mass is 388 g/mol. The standard InChI is InChI=1S/C15H14Cl2N2O4S/c1-7-9(6-20)14(19(3)18-7)24-13-5-12(10(16)4-11(13)17)23-8(2)15(21)22/h4-6,8H,1-3H3,(H,21,22)/t8-/m1/s1. The molecule has 0 aliphatic heterocycles. The number of aliphatic carboxylic acids is 1. The number of carboxylic acids is 1. The lowest BCUT2D eigenvalue weighted by molar-refractivity contribution is -0.144. The lowest BCUT2D eigenvalue weighted by Crippen LogP contribution is -2.23. The van der Waals surface area contributed by atoms with Crippen molar-refractivity contribution >= 4 is 47.2 Å². The summed E-state index contributed by atoms with van der Waals surface area (Å²) in [5.74, 6) is -0.911. The Balaban J connectivity index is 2.41. The molecule has 6 nitrogen and oxygen atoms in total. The largest absolute Gasteiger partial charge is 0.479 e. The normalized spacial score (nSPS) is 12.0. The van der Waals surface area contributed by atoms with Gasteiger partial charge in [-0.25, -0.2) is 4.79 Å². The smallest absolute Gasteiger partial charge is 0.344 e. The third kappa shape index (κ3) is 3.85. The Morgan fingerprint density at radius 3 is 2.67 bits per heavy atom. The highest BCUT2D eigenvalue weighted by molar-refractivity contribution is 7.99. The summed E-state index contributed by atoms with van der Waals surface area (Å²) in [5.41, 5.74) is 1.07. The summed E-state index contributed by atoms with van der Waals surface area (Å²) in [5, 5.41) is 14.3. The van der Waals surface area contributed by atoms with Crippen LogP contribution in [0.25, 0.3) is 0 Å². The summed E-state index contributed by atoms with van der Waals surface area (Å²) in [4.78, 5) is 22.8. The minimum Gasteiger partial charge on any atom is -0.479 e. The molecule has 0 amide bonds. The zero-order valence-corrected chi connectivity index (χ0v) is 15.4. The van der Waals surface area contributed by atoms with Gasteiger partial charge in [-0.1, -0.05) is 35.0 Å². The summed E-state index contributed by atoms with van der Waals surface area (Å²) in [7, 11) is 1.72. The number of aldehydes is 1. The molecule has 128 valence electrons. The third-order valence-corrected chi connectivity index (χ3v) is 5.13. The van der Waals surface area contributed by atoms with Gasteiger partial charge < -0.3 is 9.84 Å². The highest BCUT2D eigenvalue weighted by atomic mass is 35.5. The fraction of sp³-hybridized carbons (Fsp3) is 0.267. The summed E-state index contributed by atoms with van der Waals surface area (Å²) in [6.45, 7) is 3.13. The van der Waals surface area contributed by atoms with Crippen molar-refractivity contribution in [1.82, 2.24) is 9.78 Å². The Labute approximate surface area is 152 Å². The molecule has 0 saturated heterocycles. The molecule has 2 rings (SSSR count). The summed E-state index contributed by atoms with van der Waals surface area (Å²) in [6.07, 6.45) is -0.329. The number of ether oxygens (including phenoxy) is 1. The lowest BCUT2D eigenvalue weighted by Gasteiger charge is -2.14. The van der Waals surface area contributed by atoms with Crippen molar-refractivity contribution in [3.8, 4) is 5.75 Å². The van der Waals surface area contributed by atoms with Gasteiger partial charge in [0.05, 0.1) is 21.3 Å². The number of hydrogen-bond acceptors (Lipinski definition) is 5. The Kier molecular flexibility index (Phi) is 5.79. The lowest BCUT2D eigenvalue weighted by atomic mass is 10.3. The number of aryl methyl sites for hydroxylation is 2. The van der Waals surface area contributed by atoms with E-state index < -0.39 is 12.1 Å². The van der Waals surface area contributed by atoms with Crippen molar-refractivity contribution in [2.75, 3.05) is 0 Å². The third-order valence-electron chi connectivity index (χ3n) is 3.18. The molecule has 2 aromatic rings. The van der Waals surface area contributed by atoms with Crippen molar-refractivity contribution in [3.05, 3.63) is 33.4 Å². The second-order valence-corrected chi connectivity index (χ2v) is 6.80. The maximum atomic E-state index is 11.3. The summed E-state index contributed by atoms with van der Waals surface area (Å²) >= 11 is 13.5. The first-order valence-corrected chi connectivity index (χ1v) is 8.37. The zero-order valence-electron chi connectivity index (χ0n) is 13.0. The molecule has 0 spiro atoms. The van der Waals surface area contributed by atoms with E-state index in [0.29, 0.717) is 26.2 Å². The van der Waals surface area contributed by atoms with Gasteiger partial charge in [-0.3, -0.25) is 9.48 Å². The summed E-state index contributed by atoms with van der Waals surface area (Å²) < 4.78 is 6.91. The second-order valence-electron chi connectivity index (χ2n) is 4.96. The number of benzene rings is 1. The number of halogens is 2. The number of aromatic nitrogens is 2. The highest BCUT2D eigenvalue weighted by Crippen LogP contribution is 2.40. The SMILES string of the molecule is Cc1nn(C)c(Sc2cc(O[C@H](C)C(=O)O)c(Cl)cc2Cl)c1C=O. The molecule has 0 aliphatic rings. The topological polar surface area (TPSA) is 81.4 Å². The summed E-state index contributed by atoms with van der Waals surface area (Å²) in [6, 6.07) is 3.02. The fourth-order valence-electron chi connectivity index (χ4n) is 1.93. The van der Waals surface area contributed by atoms with Gasteiger partial charge in [0.25, 0.3) is 0 Å². The van der Waals surface area contributed by atoms with Crippen LogP contribution in [-0.2, 0) is 11.8 Å². The van der Waals surface area contributed by atoms with E-state index in [1.54, 1.807) is 24.7 Å². The zero-order chi connectivity index (χ0) is 18.0. The van der Waals surface area contributed by atoms with Crippen molar-refractivity contribution in [2.24, 2.45) is 7.05 Å². The van der Waals surface area contributed by atoms with E-state index in [9.17, 15) is 9.59 Å². The van der Waals surface area contributed by atoms with Gasteiger partial charge in [0.15, 0.2) is 12.4 Å². The van der Waals surface area contributed by atoms with Crippen LogP contribution in [-0.4, -0.2) is 33.2 Å². The van der Waals surface area contributed by atoms with E-state index in [2.05, 4.69) is 5.10 Å². The van der Waals surface area contributed by atoms with E-state index in [-0.39, 0.29) is 10.8 Å². The molecule has 1 N–H and O–H groups in total. The Morgan fingerprint density at radius 2 is 2.08 bits per heavy atom. The molecule has 1 aromatic heterocycles. The first-order chi connectivity index (χ1) is 11.2. The molecule has 1 aromatic carbocycles. The quantitative estimate of drug-likeness (QED) is 0.756. The molecule has 1 heterocycles. The highest BCUT2D eigenvalue weighted by Gasteiger charge is 2.19. The number of carboxylic acid groups (broad SMARTS) is 1. The van der Waals surface area contributed by atoms with Gasteiger partial charge in [0.1, 0.15) is 10.8 Å². The van der Waals surface area contributed by atoms with Gasteiger partial charge >= 0.3 is 5.97 Å². The Hall–Kier alpha value is -1.70. The number of carbonyl (C=O) groups is 2. The van der Waals surface area contributed by atoms with Crippen molar-refractivity contribution < 1.29 is 19.4 Å². The number of rotatable bonds is 6. The van der Waals surface area contributed by atoms with Crippen LogP contribution in [0.15, 0.2) is 22.1 Å². The molecule has 0 fully saturated rings. The van der Waals surface area contributed by atoms with Gasteiger partial charge in [0, 0.05) is 11.9 Å². The number of nitrogens with zero attached hydrogens (tertiary/aromatic N) is 2. The fourth-order valence-corrected chi connectivity index (χ4v) is 3.49. The van der Waals surface area contributed by atoms with Crippen LogP contribution < -0.4 is 4.74 Å². The molecule has 0 radical (unpaired) electrons. The van der Waals surface area contributed by atoms with Crippen molar-refractivity contribution in [2.45, 2.75) is 29.9 Å². The first-order valence-electron chi connectivity index (χ1n) is 6.79. The average Bonchev–Trinajstić information content (AvgIpc) is 2.77. The molecule has 9 heteroatoms. The van der Waals surface area contributed by atoms with E-state index in [4.69, 9.17) is 33.0 Å². The van der Waals surface area contributed by atoms with Crippen LogP contribution in [0.4, 0.5) is 0 Å².